The fourth-order valence-electron chi connectivity index (χ4n) is 3.73. The first kappa shape index (κ1) is 17.5. The molecular weight excluding hydrogens is 342 g/mol. The molecule has 3 amide bonds. The number of rotatable bonds is 4. The number of hydrogen-bond donors (Lipinski definition) is 1. The summed E-state index contributed by atoms with van der Waals surface area (Å²) in [7, 11) is 0. The highest BCUT2D eigenvalue weighted by Crippen LogP contribution is 2.36. The lowest BCUT2D eigenvalue weighted by Gasteiger charge is -2.33. The summed E-state index contributed by atoms with van der Waals surface area (Å²) in [6.07, 6.45) is 8.26. The van der Waals surface area contributed by atoms with Crippen molar-refractivity contribution in [2.24, 2.45) is 11.0 Å². The molecule has 1 aliphatic carbocycles. The number of hydrazone groups is 1. The number of benzene rings is 1. The van der Waals surface area contributed by atoms with Crippen LogP contribution in [-0.4, -0.2) is 38.5 Å². The van der Waals surface area contributed by atoms with Crippen molar-refractivity contribution in [3.8, 4) is 0 Å². The largest absolute Gasteiger partial charge is 0.346 e. The number of urea groups is 1. The SMILES string of the molecule is CC1CCC2(CC1)NC(=O)N(/N=C\c1cnn(Cc3ccccc3)c1)C2=O. The first-order valence-electron chi connectivity index (χ1n) is 9.33. The molecule has 2 heterocycles. The van der Waals surface area contributed by atoms with Crippen molar-refractivity contribution in [2.45, 2.75) is 44.7 Å². The van der Waals surface area contributed by atoms with Gasteiger partial charge in [0.15, 0.2) is 0 Å². The second kappa shape index (κ2) is 6.98. The minimum absolute atomic E-state index is 0.243. The average Bonchev–Trinajstić information content (AvgIpc) is 3.20. The lowest BCUT2D eigenvalue weighted by Crippen LogP contribution is -2.49. The Morgan fingerprint density at radius 1 is 1.26 bits per heavy atom. The van der Waals surface area contributed by atoms with E-state index >= 15 is 0 Å². The Hall–Kier alpha value is -2.96. The van der Waals surface area contributed by atoms with Gasteiger partial charge in [-0.25, -0.2) is 4.79 Å². The molecule has 140 valence electrons. The number of carbonyl (C=O) groups excluding carboxylic acids is 2. The molecule has 1 aliphatic heterocycles. The van der Waals surface area contributed by atoms with Crippen molar-refractivity contribution < 1.29 is 9.59 Å². The van der Waals surface area contributed by atoms with Crippen molar-refractivity contribution in [2.75, 3.05) is 0 Å². The third kappa shape index (κ3) is 3.49. The number of aromatic nitrogens is 2. The molecule has 1 aromatic heterocycles. The Morgan fingerprint density at radius 3 is 2.74 bits per heavy atom. The van der Waals surface area contributed by atoms with Gasteiger partial charge in [0.1, 0.15) is 5.54 Å². The molecule has 1 spiro atoms. The summed E-state index contributed by atoms with van der Waals surface area (Å²) in [6, 6.07) is 9.58. The van der Waals surface area contributed by atoms with Gasteiger partial charge < -0.3 is 5.32 Å². The molecule has 2 fully saturated rings. The molecule has 0 atom stereocenters. The first-order chi connectivity index (χ1) is 13.1. The van der Waals surface area contributed by atoms with E-state index in [-0.39, 0.29) is 5.91 Å². The second-order valence-corrected chi connectivity index (χ2v) is 7.51. The minimum atomic E-state index is -0.765. The molecule has 7 heteroatoms. The van der Waals surface area contributed by atoms with Gasteiger partial charge in [0, 0.05) is 11.8 Å². The van der Waals surface area contributed by atoms with Crippen LogP contribution in [0.3, 0.4) is 0 Å². The topological polar surface area (TPSA) is 79.6 Å². The number of carbonyl (C=O) groups is 2. The molecular formula is C20H23N5O2. The number of imide groups is 1. The average molecular weight is 365 g/mol. The van der Waals surface area contributed by atoms with Crippen molar-refractivity contribution in [1.29, 1.82) is 0 Å². The van der Waals surface area contributed by atoms with Crippen molar-refractivity contribution in [3.63, 3.8) is 0 Å². The van der Waals surface area contributed by atoms with Gasteiger partial charge in [-0.05, 0) is 37.2 Å². The Labute approximate surface area is 158 Å². The zero-order valence-electron chi connectivity index (χ0n) is 15.3. The summed E-state index contributed by atoms with van der Waals surface area (Å²) in [5, 5.41) is 12.3. The maximum Gasteiger partial charge on any atom is 0.346 e. The van der Waals surface area contributed by atoms with Crippen LogP contribution in [0.2, 0.25) is 0 Å². The highest BCUT2D eigenvalue weighted by molar-refractivity contribution is 6.07. The summed E-state index contributed by atoms with van der Waals surface area (Å²) < 4.78 is 1.80. The van der Waals surface area contributed by atoms with E-state index in [0.29, 0.717) is 25.3 Å². The number of hydrogen-bond acceptors (Lipinski definition) is 4. The minimum Gasteiger partial charge on any atom is -0.321 e. The molecule has 7 nitrogen and oxygen atoms in total. The molecule has 0 unspecified atom stereocenters. The van der Waals surface area contributed by atoms with Gasteiger partial charge in [0.2, 0.25) is 0 Å². The number of nitrogens with zero attached hydrogens (tertiary/aromatic N) is 4. The zero-order chi connectivity index (χ0) is 18.9. The number of nitrogens with one attached hydrogen (secondary N) is 1. The van der Waals surface area contributed by atoms with Crippen LogP contribution in [0.4, 0.5) is 4.79 Å². The van der Waals surface area contributed by atoms with E-state index in [1.807, 2.05) is 36.5 Å². The fraction of sp³-hybridized carbons (Fsp3) is 0.400. The predicted molar refractivity (Wildman–Crippen MR) is 101 cm³/mol. The monoisotopic (exact) mass is 365 g/mol. The van der Waals surface area contributed by atoms with Crippen molar-refractivity contribution in [3.05, 3.63) is 53.9 Å². The second-order valence-electron chi connectivity index (χ2n) is 7.51. The Morgan fingerprint density at radius 2 is 2.00 bits per heavy atom. The maximum atomic E-state index is 12.8. The van der Waals surface area contributed by atoms with E-state index in [1.54, 1.807) is 10.9 Å². The van der Waals surface area contributed by atoms with Gasteiger partial charge in [-0.15, -0.1) is 5.01 Å². The third-order valence-electron chi connectivity index (χ3n) is 5.43. The van der Waals surface area contributed by atoms with Crippen LogP contribution in [0.5, 0.6) is 0 Å². The van der Waals surface area contributed by atoms with Gasteiger partial charge in [-0.2, -0.15) is 10.2 Å². The van der Waals surface area contributed by atoms with E-state index in [4.69, 9.17) is 0 Å². The molecule has 4 rings (SSSR count). The highest BCUT2D eigenvalue weighted by Gasteiger charge is 2.52. The smallest absolute Gasteiger partial charge is 0.321 e. The molecule has 1 aromatic carbocycles. The molecule has 27 heavy (non-hydrogen) atoms. The normalized spacial score (nSPS) is 25.5. The van der Waals surface area contributed by atoms with Crippen LogP contribution < -0.4 is 5.32 Å². The Balaban J connectivity index is 1.44. The van der Waals surface area contributed by atoms with E-state index in [1.165, 1.54) is 6.21 Å². The summed E-state index contributed by atoms with van der Waals surface area (Å²) in [4.78, 5) is 25.0. The molecule has 2 aromatic rings. The lowest BCUT2D eigenvalue weighted by molar-refractivity contribution is -0.132. The van der Waals surface area contributed by atoms with E-state index in [2.05, 4.69) is 22.4 Å². The van der Waals surface area contributed by atoms with Gasteiger partial charge >= 0.3 is 6.03 Å². The standard InChI is InChI=1S/C20H23N5O2/c1-15-7-9-20(10-8-15)18(26)25(19(27)23-20)22-12-17-11-21-24(14-17)13-16-5-3-2-4-6-16/h2-6,11-12,14-15H,7-10,13H2,1H3,(H,23,27)/b22-12-. The molecule has 0 bridgehead atoms. The highest BCUT2D eigenvalue weighted by atomic mass is 16.2. The number of amides is 3. The van der Waals surface area contributed by atoms with Crippen LogP contribution in [0.1, 0.15) is 43.7 Å². The van der Waals surface area contributed by atoms with Gasteiger partial charge in [0.05, 0.1) is 19.0 Å². The van der Waals surface area contributed by atoms with E-state index in [0.717, 1.165) is 29.0 Å². The third-order valence-corrected chi connectivity index (χ3v) is 5.43. The molecule has 2 aliphatic rings. The van der Waals surface area contributed by atoms with Crippen LogP contribution in [0, 0.1) is 5.92 Å². The van der Waals surface area contributed by atoms with Crippen molar-refractivity contribution in [1.82, 2.24) is 20.1 Å². The van der Waals surface area contributed by atoms with Gasteiger partial charge in [-0.1, -0.05) is 37.3 Å². The predicted octanol–water partition coefficient (Wildman–Crippen LogP) is 2.77. The molecule has 1 N–H and O–H groups in total. The van der Waals surface area contributed by atoms with Crippen LogP contribution in [-0.2, 0) is 11.3 Å². The van der Waals surface area contributed by atoms with Gasteiger partial charge in [0.25, 0.3) is 5.91 Å². The maximum absolute atomic E-state index is 12.8. The zero-order valence-corrected chi connectivity index (χ0v) is 15.3. The Kier molecular flexibility index (Phi) is 4.51. The fourth-order valence-corrected chi connectivity index (χ4v) is 3.73. The van der Waals surface area contributed by atoms with E-state index < -0.39 is 11.6 Å². The quantitative estimate of drug-likeness (QED) is 0.668. The van der Waals surface area contributed by atoms with Crippen LogP contribution >= 0.6 is 0 Å². The Bertz CT molecular complexity index is 866. The van der Waals surface area contributed by atoms with Crippen LogP contribution in [0.25, 0.3) is 0 Å². The molecule has 0 radical (unpaired) electrons. The summed E-state index contributed by atoms with van der Waals surface area (Å²) in [6.45, 7) is 2.83. The van der Waals surface area contributed by atoms with Crippen LogP contribution in [0.15, 0.2) is 47.8 Å². The summed E-state index contributed by atoms with van der Waals surface area (Å²) in [5.41, 5.74) is 1.12. The van der Waals surface area contributed by atoms with E-state index in [9.17, 15) is 9.59 Å². The molecule has 1 saturated heterocycles. The van der Waals surface area contributed by atoms with Crippen molar-refractivity contribution >= 4 is 18.2 Å². The van der Waals surface area contributed by atoms with Gasteiger partial charge in [-0.3, -0.25) is 9.48 Å². The first-order valence-corrected chi connectivity index (χ1v) is 9.33. The summed E-state index contributed by atoms with van der Waals surface area (Å²) in [5.74, 6) is 0.348. The lowest BCUT2D eigenvalue weighted by atomic mass is 9.77. The molecule has 1 saturated carbocycles. The summed E-state index contributed by atoms with van der Waals surface area (Å²) >= 11 is 0.